The third kappa shape index (κ3) is 2.34. The second kappa shape index (κ2) is 5.61. The number of fused-ring (bicyclic) bond motifs is 1. The molecule has 4 aliphatic rings. The van der Waals surface area contributed by atoms with Crippen LogP contribution in [0.15, 0.2) is 53.7 Å². The Hall–Kier alpha value is -2.49. The SMILES string of the molecule is O=C1[C@@H]2[C@@H](C(=O)N1/N=C\C=C\c1ccccc1)[C@H]1C=C[C@H]2CC1. The smallest absolute Gasteiger partial charge is 0.254 e. The van der Waals surface area contributed by atoms with Gasteiger partial charge in [0.05, 0.1) is 11.8 Å². The van der Waals surface area contributed by atoms with Crippen LogP contribution in [0.25, 0.3) is 6.08 Å². The van der Waals surface area contributed by atoms with Crippen LogP contribution in [0.1, 0.15) is 18.4 Å². The van der Waals surface area contributed by atoms with E-state index in [1.54, 1.807) is 6.08 Å². The summed E-state index contributed by atoms with van der Waals surface area (Å²) >= 11 is 0. The first-order chi connectivity index (χ1) is 11.3. The normalized spacial score (nSPS) is 32.4. The van der Waals surface area contributed by atoms with Crippen molar-refractivity contribution >= 4 is 24.1 Å². The van der Waals surface area contributed by atoms with E-state index in [0.29, 0.717) is 0 Å². The van der Waals surface area contributed by atoms with Crippen LogP contribution in [-0.2, 0) is 9.59 Å². The molecule has 2 bridgehead atoms. The molecule has 23 heavy (non-hydrogen) atoms. The van der Waals surface area contributed by atoms with E-state index in [4.69, 9.17) is 0 Å². The molecule has 1 saturated heterocycles. The molecule has 0 unspecified atom stereocenters. The molecule has 4 heteroatoms. The Morgan fingerprint density at radius 1 is 0.957 bits per heavy atom. The van der Waals surface area contributed by atoms with Crippen LogP contribution >= 0.6 is 0 Å². The zero-order valence-electron chi connectivity index (χ0n) is 12.7. The highest BCUT2D eigenvalue weighted by Gasteiger charge is 2.56. The Labute approximate surface area is 135 Å². The van der Waals surface area contributed by atoms with Crippen LogP contribution in [0, 0.1) is 23.7 Å². The van der Waals surface area contributed by atoms with Crippen LogP contribution < -0.4 is 0 Å². The first kappa shape index (κ1) is 14.1. The van der Waals surface area contributed by atoms with Crippen molar-refractivity contribution in [1.29, 1.82) is 0 Å². The number of hydrazone groups is 1. The lowest BCUT2D eigenvalue weighted by Crippen LogP contribution is -2.38. The van der Waals surface area contributed by atoms with Crippen molar-refractivity contribution in [2.45, 2.75) is 12.8 Å². The number of hydrogen-bond acceptors (Lipinski definition) is 3. The number of hydrogen-bond donors (Lipinski definition) is 0. The van der Waals surface area contributed by atoms with Gasteiger partial charge in [-0.3, -0.25) is 9.59 Å². The highest BCUT2D eigenvalue weighted by atomic mass is 16.2. The molecule has 2 fully saturated rings. The number of benzene rings is 1. The summed E-state index contributed by atoms with van der Waals surface area (Å²) in [5, 5.41) is 5.20. The Morgan fingerprint density at radius 3 is 2.13 bits per heavy atom. The van der Waals surface area contributed by atoms with Crippen molar-refractivity contribution < 1.29 is 9.59 Å². The van der Waals surface area contributed by atoms with Gasteiger partial charge in [-0.2, -0.15) is 10.1 Å². The highest BCUT2D eigenvalue weighted by Crippen LogP contribution is 2.49. The number of allylic oxidation sites excluding steroid dienone is 3. The number of carbonyl (C=O) groups excluding carboxylic acids is 2. The molecule has 1 saturated carbocycles. The van der Waals surface area contributed by atoms with Crippen molar-refractivity contribution in [1.82, 2.24) is 5.01 Å². The van der Waals surface area contributed by atoms with Crippen molar-refractivity contribution in [2.24, 2.45) is 28.8 Å². The third-order valence-corrected chi connectivity index (χ3v) is 5.09. The second-order valence-electron chi connectivity index (χ2n) is 6.36. The van der Waals surface area contributed by atoms with E-state index >= 15 is 0 Å². The van der Waals surface area contributed by atoms with Gasteiger partial charge in [0.15, 0.2) is 0 Å². The number of rotatable bonds is 3. The van der Waals surface area contributed by atoms with Gasteiger partial charge in [0.2, 0.25) is 0 Å². The van der Waals surface area contributed by atoms with Gasteiger partial charge in [0.1, 0.15) is 0 Å². The van der Waals surface area contributed by atoms with E-state index in [1.807, 2.05) is 36.4 Å². The highest BCUT2D eigenvalue weighted by molar-refractivity contribution is 6.06. The summed E-state index contributed by atoms with van der Waals surface area (Å²) in [5.41, 5.74) is 1.05. The average Bonchev–Trinajstić information content (AvgIpc) is 2.87. The molecule has 4 nitrogen and oxygen atoms in total. The average molecular weight is 306 g/mol. The molecule has 116 valence electrons. The van der Waals surface area contributed by atoms with Crippen LogP contribution in [-0.4, -0.2) is 23.0 Å². The molecule has 4 atom stereocenters. The molecule has 2 amide bonds. The molecule has 0 spiro atoms. The van der Waals surface area contributed by atoms with Crippen LogP contribution in [0.3, 0.4) is 0 Å². The maximum absolute atomic E-state index is 12.5. The molecular weight excluding hydrogens is 288 g/mol. The van der Waals surface area contributed by atoms with Crippen molar-refractivity contribution in [3.8, 4) is 0 Å². The van der Waals surface area contributed by atoms with Crippen LogP contribution in [0.5, 0.6) is 0 Å². The van der Waals surface area contributed by atoms with Crippen LogP contribution in [0.4, 0.5) is 0 Å². The summed E-state index contributed by atoms with van der Waals surface area (Å²) in [7, 11) is 0. The summed E-state index contributed by atoms with van der Waals surface area (Å²) in [5.74, 6) is -0.238. The Morgan fingerprint density at radius 2 is 1.57 bits per heavy atom. The fraction of sp³-hybridized carbons (Fsp3) is 0.316. The van der Waals surface area contributed by atoms with E-state index in [9.17, 15) is 9.59 Å². The summed E-state index contributed by atoms with van der Waals surface area (Å²) in [6.07, 6.45) is 11.4. The summed E-state index contributed by atoms with van der Waals surface area (Å²) in [6, 6.07) is 9.83. The van der Waals surface area contributed by atoms with E-state index in [0.717, 1.165) is 23.4 Å². The number of carbonyl (C=O) groups is 2. The predicted octanol–water partition coefficient (Wildman–Crippen LogP) is 2.88. The van der Waals surface area contributed by atoms with E-state index in [1.165, 1.54) is 6.21 Å². The standard InChI is InChI=1S/C19H18N2O2/c22-18-16-14-8-9-15(11-10-14)17(16)19(23)21(18)20-12-4-7-13-5-2-1-3-6-13/h1-9,12,14-17H,10-11H2/b7-4+,20-12-/t14-,15-,16-,17-/m0/s1. The first-order valence-electron chi connectivity index (χ1n) is 8.07. The van der Waals surface area contributed by atoms with Crippen molar-refractivity contribution in [3.63, 3.8) is 0 Å². The topological polar surface area (TPSA) is 49.7 Å². The van der Waals surface area contributed by atoms with Gasteiger partial charge >= 0.3 is 0 Å². The van der Waals surface area contributed by atoms with E-state index in [2.05, 4.69) is 17.3 Å². The fourth-order valence-corrected chi connectivity index (χ4v) is 4.00. The second-order valence-corrected chi connectivity index (χ2v) is 6.36. The lowest BCUT2D eigenvalue weighted by molar-refractivity contribution is -0.140. The molecule has 5 rings (SSSR count). The first-order valence-corrected chi connectivity index (χ1v) is 8.07. The molecule has 0 radical (unpaired) electrons. The molecule has 0 aromatic heterocycles. The van der Waals surface area contributed by atoms with E-state index in [-0.39, 0.29) is 35.5 Å². The van der Waals surface area contributed by atoms with Gasteiger partial charge in [0, 0.05) is 6.21 Å². The molecule has 3 aliphatic carbocycles. The predicted molar refractivity (Wildman–Crippen MR) is 88.2 cm³/mol. The van der Waals surface area contributed by atoms with Gasteiger partial charge in [-0.05, 0) is 36.3 Å². The Balaban J connectivity index is 1.50. The Bertz CT molecular complexity index is 688. The summed E-state index contributed by atoms with van der Waals surface area (Å²) in [4.78, 5) is 25.1. The van der Waals surface area contributed by atoms with Gasteiger partial charge < -0.3 is 0 Å². The van der Waals surface area contributed by atoms with Gasteiger partial charge in [-0.15, -0.1) is 0 Å². The van der Waals surface area contributed by atoms with Crippen LogP contribution in [0.2, 0.25) is 0 Å². The molecule has 1 aliphatic heterocycles. The zero-order valence-corrected chi connectivity index (χ0v) is 12.7. The molecular formula is C19H18N2O2. The maximum Gasteiger partial charge on any atom is 0.254 e. The number of nitrogens with zero attached hydrogens (tertiary/aromatic N) is 2. The lowest BCUT2D eigenvalue weighted by atomic mass is 9.63. The molecule has 1 aromatic rings. The minimum absolute atomic E-state index is 0.136. The maximum atomic E-state index is 12.5. The number of amides is 2. The fourth-order valence-electron chi connectivity index (χ4n) is 4.00. The molecule has 1 heterocycles. The summed E-state index contributed by atoms with van der Waals surface area (Å²) in [6.45, 7) is 0. The molecule has 0 N–H and O–H groups in total. The number of imide groups is 1. The minimum Gasteiger partial charge on any atom is -0.272 e. The minimum atomic E-state index is -0.193. The summed E-state index contributed by atoms with van der Waals surface area (Å²) < 4.78 is 0. The van der Waals surface area contributed by atoms with E-state index < -0.39 is 0 Å². The molecule has 1 aromatic carbocycles. The quantitative estimate of drug-likeness (QED) is 0.490. The zero-order chi connectivity index (χ0) is 15.8. The largest absolute Gasteiger partial charge is 0.272 e. The van der Waals surface area contributed by atoms with Crippen molar-refractivity contribution in [3.05, 3.63) is 54.1 Å². The Kier molecular flexibility index (Phi) is 3.45. The van der Waals surface area contributed by atoms with Gasteiger partial charge in [0.25, 0.3) is 11.8 Å². The lowest BCUT2D eigenvalue weighted by Gasteiger charge is -2.37. The monoisotopic (exact) mass is 306 g/mol. The van der Waals surface area contributed by atoms with Gasteiger partial charge in [-0.1, -0.05) is 48.6 Å². The van der Waals surface area contributed by atoms with Crippen molar-refractivity contribution in [2.75, 3.05) is 0 Å². The third-order valence-electron chi connectivity index (χ3n) is 5.09. The van der Waals surface area contributed by atoms with Gasteiger partial charge in [-0.25, -0.2) is 0 Å².